The summed E-state index contributed by atoms with van der Waals surface area (Å²) in [5, 5.41) is 13.9. The molecule has 0 amide bonds. The van der Waals surface area contributed by atoms with Gasteiger partial charge in [0.05, 0.1) is 12.7 Å². The highest BCUT2D eigenvalue weighted by Gasteiger charge is 2.33. The van der Waals surface area contributed by atoms with Crippen molar-refractivity contribution < 1.29 is 9.84 Å². The lowest BCUT2D eigenvalue weighted by Gasteiger charge is -2.35. The van der Waals surface area contributed by atoms with Crippen LogP contribution in [-0.4, -0.2) is 25.8 Å². The van der Waals surface area contributed by atoms with Crippen LogP contribution in [0.2, 0.25) is 0 Å². The monoisotopic (exact) mass is 235 g/mol. The minimum Gasteiger partial charge on any atom is -0.497 e. The van der Waals surface area contributed by atoms with Gasteiger partial charge in [-0.05, 0) is 62.5 Å². The molecule has 2 N–H and O–H groups in total. The minimum atomic E-state index is -0.689. The standard InChI is InChI=1S/C14H21NO2/c1-15-9-8-14(16)7-3-4-11-5-6-12(17-2)10-13(11)14/h5-6,10,15-16H,3-4,7-9H2,1-2H3. The molecule has 1 aliphatic carbocycles. The van der Waals surface area contributed by atoms with Crippen LogP contribution in [0, 0.1) is 0 Å². The molecule has 94 valence electrons. The molecule has 1 unspecified atom stereocenters. The Morgan fingerprint density at radius 3 is 3.00 bits per heavy atom. The molecule has 0 heterocycles. The van der Waals surface area contributed by atoms with E-state index in [1.165, 1.54) is 5.56 Å². The Hall–Kier alpha value is -1.06. The van der Waals surface area contributed by atoms with Crippen molar-refractivity contribution >= 4 is 0 Å². The van der Waals surface area contributed by atoms with Crippen LogP contribution in [0.5, 0.6) is 5.75 Å². The van der Waals surface area contributed by atoms with E-state index < -0.39 is 5.60 Å². The molecule has 1 aromatic carbocycles. The molecule has 3 heteroatoms. The zero-order chi connectivity index (χ0) is 12.3. The van der Waals surface area contributed by atoms with Crippen molar-refractivity contribution in [3.63, 3.8) is 0 Å². The number of fused-ring (bicyclic) bond motifs is 1. The highest BCUT2D eigenvalue weighted by Crippen LogP contribution is 2.39. The van der Waals surface area contributed by atoms with Gasteiger partial charge in [-0.15, -0.1) is 0 Å². The van der Waals surface area contributed by atoms with Gasteiger partial charge in [-0.1, -0.05) is 6.07 Å². The Balaban J connectivity index is 2.34. The predicted octanol–water partition coefficient (Wildman–Crippen LogP) is 1.83. The number of nitrogens with one attached hydrogen (secondary N) is 1. The Labute approximate surface area is 103 Å². The molecule has 0 fully saturated rings. The molecule has 0 aliphatic heterocycles. The first kappa shape index (κ1) is 12.4. The van der Waals surface area contributed by atoms with Crippen molar-refractivity contribution in [1.82, 2.24) is 5.32 Å². The fraction of sp³-hybridized carbons (Fsp3) is 0.571. The summed E-state index contributed by atoms with van der Waals surface area (Å²) in [5.74, 6) is 0.827. The molecule has 17 heavy (non-hydrogen) atoms. The number of benzene rings is 1. The van der Waals surface area contributed by atoms with Crippen molar-refractivity contribution in [3.8, 4) is 5.75 Å². The van der Waals surface area contributed by atoms with Crippen LogP contribution in [0.25, 0.3) is 0 Å². The van der Waals surface area contributed by atoms with Crippen LogP contribution in [0.15, 0.2) is 18.2 Å². The maximum absolute atomic E-state index is 10.8. The third-order valence-corrected chi connectivity index (χ3v) is 3.64. The molecule has 1 atom stereocenters. The summed E-state index contributed by atoms with van der Waals surface area (Å²) in [7, 11) is 3.58. The molecule has 0 spiro atoms. The molecule has 2 rings (SSSR count). The normalized spacial score (nSPS) is 23.2. The number of methoxy groups -OCH3 is 1. The van der Waals surface area contributed by atoms with E-state index in [0.29, 0.717) is 0 Å². The lowest BCUT2D eigenvalue weighted by Crippen LogP contribution is -2.33. The second-order valence-electron chi connectivity index (χ2n) is 4.76. The number of hydrogen-bond donors (Lipinski definition) is 2. The van der Waals surface area contributed by atoms with Crippen LogP contribution in [-0.2, 0) is 12.0 Å². The number of ether oxygens (including phenoxy) is 1. The minimum absolute atomic E-state index is 0.689. The highest BCUT2D eigenvalue weighted by atomic mass is 16.5. The van der Waals surface area contributed by atoms with Crippen LogP contribution >= 0.6 is 0 Å². The molecule has 0 bridgehead atoms. The fourth-order valence-electron chi connectivity index (χ4n) is 2.63. The Morgan fingerprint density at radius 2 is 2.29 bits per heavy atom. The van der Waals surface area contributed by atoms with Gasteiger partial charge in [0.1, 0.15) is 5.75 Å². The summed E-state index contributed by atoms with van der Waals surface area (Å²) < 4.78 is 5.25. The third-order valence-electron chi connectivity index (χ3n) is 3.64. The van der Waals surface area contributed by atoms with Crippen LogP contribution in [0.1, 0.15) is 30.4 Å². The highest BCUT2D eigenvalue weighted by molar-refractivity contribution is 5.41. The molecular formula is C14H21NO2. The summed E-state index contributed by atoms with van der Waals surface area (Å²) >= 11 is 0. The van der Waals surface area contributed by atoms with E-state index in [9.17, 15) is 5.11 Å². The van der Waals surface area contributed by atoms with Gasteiger partial charge >= 0.3 is 0 Å². The van der Waals surface area contributed by atoms with Gasteiger partial charge in [0.25, 0.3) is 0 Å². The van der Waals surface area contributed by atoms with Crippen LogP contribution in [0.4, 0.5) is 0 Å². The maximum Gasteiger partial charge on any atom is 0.119 e. The summed E-state index contributed by atoms with van der Waals surface area (Å²) in [6, 6.07) is 6.05. The van der Waals surface area contributed by atoms with E-state index in [1.807, 2.05) is 19.2 Å². The van der Waals surface area contributed by atoms with Gasteiger partial charge in [0, 0.05) is 0 Å². The van der Waals surface area contributed by atoms with Crippen molar-refractivity contribution in [2.24, 2.45) is 0 Å². The van der Waals surface area contributed by atoms with Crippen LogP contribution in [0.3, 0.4) is 0 Å². The van der Waals surface area contributed by atoms with E-state index in [1.54, 1.807) is 7.11 Å². The average Bonchev–Trinajstić information content (AvgIpc) is 2.37. The van der Waals surface area contributed by atoms with Crippen molar-refractivity contribution in [3.05, 3.63) is 29.3 Å². The zero-order valence-corrected chi connectivity index (χ0v) is 10.6. The number of aliphatic hydroxyl groups is 1. The lowest BCUT2D eigenvalue weighted by molar-refractivity contribution is 0.0107. The van der Waals surface area contributed by atoms with Gasteiger partial charge in [0.15, 0.2) is 0 Å². The summed E-state index contributed by atoms with van der Waals surface area (Å²) in [6.45, 7) is 0.827. The second kappa shape index (κ2) is 5.07. The van der Waals surface area contributed by atoms with Crippen molar-refractivity contribution in [1.29, 1.82) is 0 Å². The molecule has 1 aliphatic rings. The molecule has 0 saturated heterocycles. The first-order valence-corrected chi connectivity index (χ1v) is 6.24. The van der Waals surface area contributed by atoms with Crippen molar-refractivity contribution in [2.45, 2.75) is 31.3 Å². The molecular weight excluding hydrogens is 214 g/mol. The smallest absolute Gasteiger partial charge is 0.119 e. The lowest BCUT2D eigenvalue weighted by atomic mass is 9.77. The van der Waals surface area contributed by atoms with E-state index in [2.05, 4.69) is 11.4 Å². The Kier molecular flexibility index (Phi) is 3.69. The molecule has 0 saturated carbocycles. The summed E-state index contributed by atoms with van der Waals surface area (Å²) in [6.07, 6.45) is 3.71. The zero-order valence-electron chi connectivity index (χ0n) is 10.6. The Bertz CT molecular complexity index is 392. The van der Waals surface area contributed by atoms with E-state index >= 15 is 0 Å². The van der Waals surface area contributed by atoms with E-state index in [0.717, 1.165) is 43.5 Å². The van der Waals surface area contributed by atoms with Gasteiger partial charge in [-0.25, -0.2) is 0 Å². The van der Waals surface area contributed by atoms with Gasteiger partial charge in [0.2, 0.25) is 0 Å². The SMILES string of the molecule is CNCCC1(O)CCCc2ccc(OC)cc21. The van der Waals surface area contributed by atoms with Gasteiger partial charge in [-0.2, -0.15) is 0 Å². The quantitative estimate of drug-likeness (QED) is 0.836. The van der Waals surface area contributed by atoms with E-state index in [4.69, 9.17) is 4.74 Å². The molecule has 0 aromatic heterocycles. The topological polar surface area (TPSA) is 41.5 Å². The van der Waals surface area contributed by atoms with Gasteiger partial charge < -0.3 is 15.2 Å². The fourth-order valence-corrected chi connectivity index (χ4v) is 2.63. The third kappa shape index (κ3) is 2.45. The molecule has 0 radical (unpaired) electrons. The second-order valence-corrected chi connectivity index (χ2v) is 4.76. The summed E-state index contributed by atoms with van der Waals surface area (Å²) in [4.78, 5) is 0. The van der Waals surface area contributed by atoms with Crippen LogP contribution < -0.4 is 10.1 Å². The summed E-state index contributed by atoms with van der Waals surface area (Å²) in [5.41, 5.74) is 1.62. The predicted molar refractivity (Wildman–Crippen MR) is 68.4 cm³/mol. The van der Waals surface area contributed by atoms with Crippen molar-refractivity contribution in [2.75, 3.05) is 20.7 Å². The first-order valence-electron chi connectivity index (χ1n) is 6.24. The molecule has 1 aromatic rings. The number of aryl methyl sites for hydroxylation is 1. The number of rotatable bonds is 4. The number of hydrogen-bond acceptors (Lipinski definition) is 3. The first-order chi connectivity index (χ1) is 8.19. The average molecular weight is 235 g/mol. The van der Waals surface area contributed by atoms with E-state index in [-0.39, 0.29) is 0 Å². The maximum atomic E-state index is 10.8. The molecule has 3 nitrogen and oxygen atoms in total. The largest absolute Gasteiger partial charge is 0.497 e. The Morgan fingerprint density at radius 1 is 1.47 bits per heavy atom. The van der Waals surface area contributed by atoms with Gasteiger partial charge in [-0.3, -0.25) is 0 Å².